The van der Waals surface area contributed by atoms with Gasteiger partial charge in [-0.2, -0.15) is 0 Å². The summed E-state index contributed by atoms with van der Waals surface area (Å²) in [5.74, 6) is 0.421. The molecule has 1 N–H and O–H groups in total. The molecular weight excluding hydrogens is 360 g/mol. The molecule has 0 bridgehead atoms. The molecule has 29 heavy (non-hydrogen) atoms. The summed E-state index contributed by atoms with van der Waals surface area (Å²) in [5.41, 5.74) is 4.55. The number of hydrogen-bond donors (Lipinski definition) is 1. The molecule has 2 unspecified atom stereocenters. The van der Waals surface area contributed by atoms with E-state index < -0.39 is 0 Å². The standard InChI is InChI=1S/C25H32N2O2/c1-17(2)15-18(27-14-8-13-23(27)28)16-26(3)25(29)24-21-11-6-4-9-19(21)20-10-5-7-12-22(20)24/h4-7,9-12,17-18,23-24,28H,8,13-16H2,1-3H3. The fourth-order valence-corrected chi connectivity index (χ4v) is 5.10. The van der Waals surface area contributed by atoms with E-state index in [1.54, 1.807) is 0 Å². The van der Waals surface area contributed by atoms with Gasteiger partial charge in [0.1, 0.15) is 6.23 Å². The fourth-order valence-electron chi connectivity index (χ4n) is 5.10. The van der Waals surface area contributed by atoms with Crippen molar-refractivity contribution in [1.29, 1.82) is 0 Å². The predicted molar refractivity (Wildman–Crippen MR) is 117 cm³/mol. The number of aliphatic hydroxyl groups is 1. The summed E-state index contributed by atoms with van der Waals surface area (Å²) in [6.07, 6.45) is 2.45. The van der Waals surface area contributed by atoms with Crippen LogP contribution < -0.4 is 0 Å². The molecule has 0 radical (unpaired) electrons. The lowest BCUT2D eigenvalue weighted by Crippen LogP contribution is -2.48. The van der Waals surface area contributed by atoms with Gasteiger partial charge < -0.3 is 10.0 Å². The number of aliphatic hydroxyl groups excluding tert-OH is 1. The van der Waals surface area contributed by atoms with Gasteiger partial charge in [-0.05, 0) is 47.4 Å². The van der Waals surface area contributed by atoms with Crippen LogP contribution in [0.15, 0.2) is 48.5 Å². The Hall–Kier alpha value is -2.17. The van der Waals surface area contributed by atoms with E-state index in [0.717, 1.165) is 36.9 Å². The normalized spacial score (nSPS) is 20.0. The van der Waals surface area contributed by atoms with Crippen LogP contribution in [0.25, 0.3) is 11.1 Å². The smallest absolute Gasteiger partial charge is 0.234 e. The van der Waals surface area contributed by atoms with E-state index in [1.165, 1.54) is 11.1 Å². The third kappa shape index (κ3) is 3.84. The molecule has 1 amide bonds. The highest BCUT2D eigenvalue weighted by atomic mass is 16.3. The number of carbonyl (C=O) groups excluding carboxylic acids is 1. The van der Waals surface area contributed by atoms with Gasteiger partial charge >= 0.3 is 0 Å². The van der Waals surface area contributed by atoms with Gasteiger partial charge in [0, 0.05) is 26.2 Å². The van der Waals surface area contributed by atoms with Gasteiger partial charge in [0.2, 0.25) is 5.91 Å². The lowest BCUT2D eigenvalue weighted by Gasteiger charge is -2.35. The molecular formula is C25H32N2O2. The Bertz CT molecular complexity index is 833. The average molecular weight is 393 g/mol. The minimum atomic E-state index is -0.379. The van der Waals surface area contributed by atoms with E-state index in [9.17, 15) is 9.90 Å². The topological polar surface area (TPSA) is 43.8 Å². The second-order valence-electron chi connectivity index (χ2n) is 8.97. The zero-order valence-electron chi connectivity index (χ0n) is 17.7. The number of rotatable bonds is 6. The zero-order chi connectivity index (χ0) is 20.5. The maximum absolute atomic E-state index is 13.6. The lowest BCUT2D eigenvalue weighted by molar-refractivity contribution is -0.132. The van der Waals surface area contributed by atoms with Crippen molar-refractivity contribution < 1.29 is 9.90 Å². The van der Waals surface area contributed by atoms with Gasteiger partial charge in [-0.1, -0.05) is 62.4 Å². The fraction of sp³-hybridized carbons (Fsp3) is 0.480. The monoisotopic (exact) mass is 392 g/mol. The first kappa shape index (κ1) is 20.1. The Labute approximate surface area is 174 Å². The highest BCUT2D eigenvalue weighted by molar-refractivity contribution is 5.96. The molecule has 0 spiro atoms. The van der Waals surface area contributed by atoms with Crippen molar-refractivity contribution in [1.82, 2.24) is 9.80 Å². The molecule has 0 saturated carbocycles. The Morgan fingerprint density at radius 2 is 1.69 bits per heavy atom. The van der Waals surface area contributed by atoms with Crippen LogP contribution in [0.3, 0.4) is 0 Å². The molecule has 4 rings (SSSR count). The first-order valence-electron chi connectivity index (χ1n) is 10.8. The van der Waals surface area contributed by atoms with Gasteiger partial charge in [-0.15, -0.1) is 0 Å². The Balaban J connectivity index is 1.59. The van der Waals surface area contributed by atoms with E-state index in [0.29, 0.717) is 12.5 Å². The Morgan fingerprint density at radius 3 is 2.21 bits per heavy atom. The Kier molecular flexibility index (Phi) is 5.75. The van der Waals surface area contributed by atoms with Crippen LogP contribution in [0, 0.1) is 5.92 Å². The van der Waals surface area contributed by atoms with Gasteiger partial charge in [-0.3, -0.25) is 9.69 Å². The summed E-state index contributed by atoms with van der Waals surface area (Å²) < 4.78 is 0. The molecule has 2 aliphatic rings. The quantitative estimate of drug-likeness (QED) is 0.805. The number of fused-ring (bicyclic) bond motifs is 3. The van der Waals surface area contributed by atoms with Crippen molar-refractivity contribution in [2.45, 2.75) is 51.3 Å². The van der Waals surface area contributed by atoms with Crippen LogP contribution in [0.4, 0.5) is 0 Å². The molecule has 4 heteroatoms. The maximum Gasteiger partial charge on any atom is 0.234 e. The van der Waals surface area contributed by atoms with Crippen LogP contribution in [0.2, 0.25) is 0 Å². The average Bonchev–Trinajstić information content (AvgIpc) is 3.27. The summed E-state index contributed by atoms with van der Waals surface area (Å²) in [7, 11) is 1.92. The van der Waals surface area contributed by atoms with Crippen LogP contribution in [-0.4, -0.2) is 53.2 Å². The summed E-state index contributed by atoms with van der Waals surface area (Å²) in [5, 5.41) is 10.4. The number of likely N-dealkylation sites (N-methyl/N-ethyl adjacent to an activating group) is 1. The van der Waals surface area contributed by atoms with Crippen LogP contribution in [0.1, 0.15) is 50.2 Å². The molecule has 2 atom stereocenters. The van der Waals surface area contributed by atoms with Crippen molar-refractivity contribution in [2.75, 3.05) is 20.1 Å². The van der Waals surface area contributed by atoms with Crippen molar-refractivity contribution >= 4 is 5.91 Å². The molecule has 2 aromatic rings. The van der Waals surface area contributed by atoms with E-state index in [2.05, 4.69) is 43.0 Å². The molecule has 1 aliphatic heterocycles. The summed E-state index contributed by atoms with van der Waals surface area (Å²) in [6.45, 7) is 5.98. The largest absolute Gasteiger partial charge is 0.378 e. The first-order valence-corrected chi connectivity index (χ1v) is 10.8. The Morgan fingerprint density at radius 1 is 1.10 bits per heavy atom. The second-order valence-corrected chi connectivity index (χ2v) is 8.97. The van der Waals surface area contributed by atoms with E-state index in [4.69, 9.17) is 0 Å². The van der Waals surface area contributed by atoms with Crippen molar-refractivity contribution in [3.05, 3.63) is 59.7 Å². The molecule has 1 saturated heterocycles. The zero-order valence-corrected chi connectivity index (χ0v) is 17.7. The van der Waals surface area contributed by atoms with E-state index in [1.807, 2.05) is 36.2 Å². The lowest BCUT2D eigenvalue weighted by atomic mass is 9.95. The molecule has 0 aromatic heterocycles. The molecule has 1 heterocycles. The minimum absolute atomic E-state index is 0.143. The first-order chi connectivity index (χ1) is 14.0. The van der Waals surface area contributed by atoms with Gasteiger partial charge in [0.05, 0.1) is 5.92 Å². The maximum atomic E-state index is 13.6. The van der Waals surface area contributed by atoms with Crippen molar-refractivity contribution in [3.8, 4) is 11.1 Å². The van der Waals surface area contributed by atoms with E-state index >= 15 is 0 Å². The number of likely N-dealkylation sites (tertiary alicyclic amines) is 1. The summed E-state index contributed by atoms with van der Waals surface area (Å²) in [6, 6.07) is 16.7. The highest BCUT2D eigenvalue weighted by Gasteiger charge is 2.37. The van der Waals surface area contributed by atoms with Gasteiger partial charge in [-0.25, -0.2) is 0 Å². The second kappa shape index (κ2) is 8.29. The number of benzene rings is 2. The van der Waals surface area contributed by atoms with Crippen molar-refractivity contribution in [2.24, 2.45) is 5.92 Å². The van der Waals surface area contributed by atoms with E-state index in [-0.39, 0.29) is 24.1 Å². The third-order valence-corrected chi connectivity index (χ3v) is 6.42. The number of nitrogens with zero attached hydrogens (tertiary/aromatic N) is 2. The molecule has 1 aliphatic carbocycles. The third-order valence-electron chi connectivity index (χ3n) is 6.42. The summed E-state index contributed by atoms with van der Waals surface area (Å²) in [4.78, 5) is 17.7. The number of hydrogen-bond acceptors (Lipinski definition) is 3. The molecule has 4 nitrogen and oxygen atoms in total. The molecule has 1 fully saturated rings. The number of amides is 1. The van der Waals surface area contributed by atoms with Crippen LogP contribution >= 0.6 is 0 Å². The molecule has 154 valence electrons. The number of carbonyl (C=O) groups is 1. The summed E-state index contributed by atoms with van der Waals surface area (Å²) >= 11 is 0. The van der Waals surface area contributed by atoms with Crippen molar-refractivity contribution in [3.63, 3.8) is 0 Å². The highest BCUT2D eigenvalue weighted by Crippen LogP contribution is 2.45. The van der Waals surface area contributed by atoms with Crippen LogP contribution in [0.5, 0.6) is 0 Å². The molecule has 2 aromatic carbocycles. The van der Waals surface area contributed by atoms with Gasteiger partial charge in [0.15, 0.2) is 0 Å². The minimum Gasteiger partial charge on any atom is -0.378 e. The van der Waals surface area contributed by atoms with Crippen LogP contribution in [-0.2, 0) is 4.79 Å². The SMILES string of the molecule is CC(C)CC(CN(C)C(=O)C1c2ccccc2-c2ccccc21)N1CCCC1O. The predicted octanol–water partition coefficient (Wildman–Crippen LogP) is 4.09. The van der Waals surface area contributed by atoms with Gasteiger partial charge in [0.25, 0.3) is 0 Å².